The summed E-state index contributed by atoms with van der Waals surface area (Å²) in [7, 11) is -4.47. The molecular formula is C25H20ClF3N2O5S. The summed E-state index contributed by atoms with van der Waals surface area (Å²) in [5, 5.41) is 9.45. The van der Waals surface area contributed by atoms with Crippen molar-refractivity contribution in [1.29, 1.82) is 0 Å². The molecule has 0 spiro atoms. The first-order valence-electron chi connectivity index (χ1n) is 11.0. The van der Waals surface area contributed by atoms with Crippen LogP contribution < -0.4 is 9.04 Å². The van der Waals surface area contributed by atoms with Gasteiger partial charge in [-0.2, -0.15) is 13.2 Å². The van der Waals surface area contributed by atoms with Crippen LogP contribution in [0.25, 0.3) is 12.2 Å². The summed E-state index contributed by atoms with van der Waals surface area (Å²) in [4.78, 5) is 14.7. The highest BCUT2D eigenvalue weighted by atomic mass is 35.5. The fourth-order valence-electron chi connectivity index (χ4n) is 3.75. The number of fused-ring (bicyclic) bond motifs is 1. The van der Waals surface area contributed by atoms with E-state index in [0.717, 1.165) is 22.5 Å². The van der Waals surface area contributed by atoms with Crippen molar-refractivity contribution in [2.24, 2.45) is 0 Å². The number of aromatic nitrogens is 1. The van der Waals surface area contributed by atoms with Crippen molar-refractivity contribution in [3.8, 4) is 5.75 Å². The number of hydrogen-bond donors (Lipinski definition) is 1. The molecule has 1 aromatic heterocycles. The van der Waals surface area contributed by atoms with Crippen LogP contribution in [0.3, 0.4) is 0 Å². The van der Waals surface area contributed by atoms with Crippen LogP contribution in [0.5, 0.6) is 5.75 Å². The summed E-state index contributed by atoms with van der Waals surface area (Å²) >= 11 is 6.13. The van der Waals surface area contributed by atoms with Gasteiger partial charge in [0, 0.05) is 12.6 Å². The maximum absolute atomic E-state index is 13.6. The van der Waals surface area contributed by atoms with Gasteiger partial charge in [-0.3, -0.25) is 14.1 Å². The van der Waals surface area contributed by atoms with Crippen molar-refractivity contribution in [1.82, 2.24) is 4.98 Å². The maximum atomic E-state index is 13.6. The summed E-state index contributed by atoms with van der Waals surface area (Å²) in [5.74, 6) is -0.930. The number of alkyl halides is 3. The summed E-state index contributed by atoms with van der Waals surface area (Å²) < 4.78 is 73.8. The minimum Gasteiger partial charge on any atom is -0.486 e. The second-order valence-electron chi connectivity index (χ2n) is 8.16. The Morgan fingerprint density at radius 3 is 2.65 bits per heavy atom. The van der Waals surface area contributed by atoms with Gasteiger partial charge in [-0.1, -0.05) is 29.8 Å². The van der Waals surface area contributed by atoms with Crippen molar-refractivity contribution in [2.75, 3.05) is 10.8 Å². The third-order valence-electron chi connectivity index (χ3n) is 5.56. The van der Waals surface area contributed by atoms with E-state index in [4.69, 9.17) is 21.4 Å². The highest BCUT2D eigenvalue weighted by Crippen LogP contribution is 2.40. The Bertz CT molecular complexity index is 1460. The Morgan fingerprint density at radius 2 is 1.95 bits per heavy atom. The average Bonchev–Trinajstić information content (AvgIpc) is 2.86. The number of halogens is 4. The summed E-state index contributed by atoms with van der Waals surface area (Å²) in [6, 6.07) is 11.5. The van der Waals surface area contributed by atoms with Gasteiger partial charge in [0.2, 0.25) is 0 Å². The molecule has 194 valence electrons. The third kappa shape index (κ3) is 6.05. The van der Waals surface area contributed by atoms with Crippen molar-refractivity contribution in [3.63, 3.8) is 0 Å². The van der Waals surface area contributed by atoms with E-state index in [1.54, 1.807) is 36.5 Å². The lowest BCUT2D eigenvalue weighted by molar-refractivity contribution is -0.138. The molecule has 1 atom stereocenters. The lowest BCUT2D eigenvalue weighted by Gasteiger charge is -2.35. The quantitative estimate of drug-likeness (QED) is 0.401. The Labute approximate surface area is 215 Å². The van der Waals surface area contributed by atoms with E-state index < -0.39 is 38.7 Å². The van der Waals surface area contributed by atoms with Gasteiger partial charge >= 0.3 is 12.1 Å². The van der Waals surface area contributed by atoms with E-state index >= 15 is 0 Å². The number of ether oxygens (including phenoxy) is 1. The van der Waals surface area contributed by atoms with Crippen LogP contribution in [-0.4, -0.2) is 37.1 Å². The minimum atomic E-state index is -4.73. The molecule has 12 heteroatoms. The van der Waals surface area contributed by atoms with Crippen molar-refractivity contribution in [2.45, 2.75) is 30.0 Å². The number of carbonyl (C=O) groups is 1. The highest BCUT2D eigenvalue weighted by molar-refractivity contribution is 7.92. The smallest absolute Gasteiger partial charge is 0.416 e. The molecule has 7 nitrogen and oxygen atoms in total. The number of hydrogen-bond acceptors (Lipinski definition) is 5. The molecule has 0 fully saturated rings. The first kappa shape index (κ1) is 26.5. The third-order valence-corrected chi connectivity index (χ3v) is 7.66. The van der Waals surface area contributed by atoms with Gasteiger partial charge in [-0.15, -0.1) is 0 Å². The largest absolute Gasteiger partial charge is 0.486 e. The van der Waals surface area contributed by atoms with Crippen LogP contribution in [0.4, 0.5) is 18.9 Å². The van der Waals surface area contributed by atoms with Gasteiger partial charge in [0.15, 0.2) is 0 Å². The van der Waals surface area contributed by atoms with Crippen LogP contribution in [0.1, 0.15) is 29.7 Å². The van der Waals surface area contributed by atoms with E-state index in [0.29, 0.717) is 22.3 Å². The summed E-state index contributed by atoms with van der Waals surface area (Å²) in [6.45, 7) is -0.280. The van der Waals surface area contributed by atoms with E-state index in [1.165, 1.54) is 12.1 Å². The number of rotatable bonds is 7. The molecular weight excluding hydrogens is 533 g/mol. The molecule has 0 radical (unpaired) electrons. The number of pyridine rings is 1. The fraction of sp³-hybridized carbons (Fsp3) is 0.200. The molecule has 0 saturated carbocycles. The molecule has 3 aromatic rings. The Balaban J connectivity index is 1.75. The second kappa shape index (κ2) is 10.4. The van der Waals surface area contributed by atoms with Crippen LogP contribution >= 0.6 is 11.6 Å². The van der Waals surface area contributed by atoms with Crippen LogP contribution in [0.15, 0.2) is 65.7 Å². The average molecular weight is 553 g/mol. The molecule has 0 unspecified atom stereocenters. The van der Waals surface area contributed by atoms with Crippen LogP contribution in [0, 0.1) is 0 Å². The minimum absolute atomic E-state index is 0.00319. The van der Waals surface area contributed by atoms with E-state index in [1.807, 2.05) is 0 Å². The first-order valence-corrected chi connectivity index (χ1v) is 12.8. The molecule has 0 bridgehead atoms. The maximum Gasteiger partial charge on any atom is 0.416 e. The SMILES string of the molecule is O=C(O)CC[C@H]1CN(S(=O)(=O)c2cccc(C(F)(F)F)c2)c2cc(/C=C/c3ncccc3Cl)ccc2O1. The molecule has 1 aliphatic rings. The first-order chi connectivity index (χ1) is 17.4. The van der Waals surface area contributed by atoms with Gasteiger partial charge in [-0.05, 0) is 60.5 Å². The van der Waals surface area contributed by atoms with Gasteiger partial charge in [-0.25, -0.2) is 8.42 Å². The number of carboxylic acids is 1. The van der Waals surface area contributed by atoms with Crippen molar-refractivity contribution < 1.29 is 36.2 Å². The van der Waals surface area contributed by atoms with Gasteiger partial charge in [0.25, 0.3) is 10.0 Å². The molecule has 4 rings (SSSR count). The van der Waals surface area contributed by atoms with E-state index in [2.05, 4.69) is 4.98 Å². The number of sulfonamides is 1. The number of anilines is 1. The highest BCUT2D eigenvalue weighted by Gasteiger charge is 2.37. The molecule has 2 heterocycles. The van der Waals surface area contributed by atoms with E-state index in [-0.39, 0.29) is 30.8 Å². The zero-order valence-electron chi connectivity index (χ0n) is 19.0. The lowest BCUT2D eigenvalue weighted by atomic mass is 10.1. The number of carboxylic acid groups (broad SMARTS) is 1. The van der Waals surface area contributed by atoms with Gasteiger partial charge in [0.05, 0.1) is 33.4 Å². The summed E-state index contributed by atoms with van der Waals surface area (Å²) in [6.07, 6.45) is -0.977. The topological polar surface area (TPSA) is 96.8 Å². The number of benzene rings is 2. The Kier molecular flexibility index (Phi) is 7.47. The standard InChI is InChI=1S/C25H20ClF3N2O5S/c26-20-5-2-12-30-21(20)9-6-16-7-10-23-22(13-16)31(15-18(36-23)8-11-24(32)33)37(34,35)19-4-1-3-17(14-19)25(27,28)29/h1-7,9-10,12-14,18H,8,11,15H2,(H,32,33)/b9-6+/t18-/m0/s1. The van der Waals surface area contributed by atoms with Crippen LogP contribution in [0.2, 0.25) is 5.02 Å². The molecule has 2 aromatic carbocycles. The van der Waals surface area contributed by atoms with Gasteiger partial charge < -0.3 is 9.84 Å². The normalized spacial score (nSPS) is 15.9. The predicted octanol–water partition coefficient (Wildman–Crippen LogP) is 5.75. The fourth-order valence-corrected chi connectivity index (χ4v) is 5.48. The molecule has 1 N–H and O–H groups in total. The van der Waals surface area contributed by atoms with Crippen LogP contribution in [-0.2, 0) is 21.0 Å². The Morgan fingerprint density at radius 1 is 1.16 bits per heavy atom. The summed E-state index contributed by atoms with van der Waals surface area (Å²) in [5.41, 5.74) is 0.0456. The predicted molar refractivity (Wildman–Crippen MR) is 132 cm³/mol. The zero-order valence-corrected chi connectivity index (χ0v) is 20.6. The molecule has 0 aliphatic carbocycles. The van der Waals surface area contributed by atoms with Gasteiger partial charge in [0.1, 0.15) is 11.9 Å². The second-order valence-corrected chi connectivity index (χ2v) is 10.4. The number of aliphatic carboxylic acids is 1. The van der Waals surface area contributed by atoms with E-state index in [9.17, 15) is 26.4 Å². The monoisotopic (exact) mass is 552 g/mol. The molecule has 1 aliphatic heterocycles. The van der Waals surface area contributed by atoms with Crippen molar-refractivity contribution >= 4 is 45.4 Å². The zero-order chi connectivity index (χ0) is 26.8. The molecule has 0 amide bonds. The molecule has 37 heavy (non-hydrogen) atoms. The Hall–Kier alpha value is -3.57. The lowest BCUT2D eigenvalue weighted by Crippen LogP contribution is -2.43. The molecule has 0 saturated heterocycles. The van der Waals surface area contributed by atoms with Crippen molar-refractivity contribution in [3.05, 3.63) is 82.6 Å². The number of nitrogens with zero attached hydrogens (tertiary/aromatic N) is 2.